The maximum Gasteiger partial charge on any atom is 0.321 e. The zero-order valence-electron chi connectivity index (χ0n) is 15.0. The summed E-state index contributed by atoms with van der Waals surface area (Å²) in [6.45, 7) is 5.19. The standard InChI is InChI=1S/C19H23N3O3S/c1-15-6-8-18(9-7-15)26(24,25)22-12-10-21(11-13-22)19(23)20-17-5-3-4-16(2)14-17/h3-9,14H,10-13H2,1-2H3,(H,20,23). The number of rotatable bonds is 3. The molecule has 2 aromatic rings. The summed E-state index contributed by atoms with van der Waals surface area (Å²) >= 11 is 0. The van der Waals surface area contributed by atoms with Crippen molar-refractivity contribution in [2.45, 2.75) is 18.7 Å². The van der Waals surface area contributed by atoms with Crippen molar-refractivity contribution in [2.24, 2.45) is 0 Å². The Kier molecular flexibility index (Phi) is 5.29. The van der Waals surface area contributed by atoms with E-state index in [4.69, 9.17) is 0 Å². The summed E-state index contributed by atoms with van der Waals surface area (Å²) in [6.07, 6.45) is 0. The summed E-state index contributed by atoms with van der Waals surface area (Å²) in [5.41, 5.74) is 2.82. The minimum Gasteiger partial charge on any atom is -0.322 e. The molecule has 1 aliphatic heterocycles. The second kappa shape index (κ2) is 7.47. The van der Waals surface area contributed by atoms with Crippen LogP contribution in [0.2, 0.25) is 0 Å². The van der Waals surface area contributed by atoms with Crippen molar-refractivity contribution in [3.8, 4) is 0 Å². The molecule has 1 N–H and O–H groups in total. The van der Waals surface area contributed by atoms with Gasteiger partial charge in [0.05, 0.1) is 4.90 Å². The fourth-order valence-corrected chi connectivity index (χ4v) is 4.34. The maximum atomic E-state index is 12.7. The van der Waals surface area contributed by atoms with Gasteiger partial charge in [-0.25, -0.2) is 13.2 Å². The Labute approximate surface area is 154 Å². The van der Waals surface area contributed by atoms with Crippen molar-refractivity contribution >= 4 is 21.7 Å². The van der Waals surface area contributed by atoms with Crippen LogP contribution in [-0.2, 0) is 10.0 Å². The lowest BCUT2D eigenvalue weighted by Gasteiger charge is -2.34. The minimum absolute atomic E-state index is 0.206. The number of piperazine rings is 1. The molecule has 0 radical (unpaired) electrons. The molecule has 0 aromatic heterocycles. The van der Waals surface area contributed by atoms with E-state index in [2.05, 4.69) is 5.32 Å². The van der Waals surface area contributed by atoms with Gasteiger partial charge in [-0.15, -0.1) is 0 Å². The molecule has 3 rings (SSSR count). The van der Waals surface area contributed by atoms with Crippen LogP contribution in [0.25, 0.3) is 0 Å². The number of nitrogens with one attached hydrogen (secondary N) is 1. The van der Waals surface area contributed by atoms with Gasteiger partial charge in [-0.1, -0.05) is 29.8 Å². The first kappa shape index (κ1) is 18.4. The van der Waals surface area contributed by atoms with Crippen LogP contribution in [0.4, 0.5) is 10.5 Å². The van der Waals surface area contributed by atoms with Gasteiger partial charge in [0.2, 0.25) is 10.0 Å². The molecular formula is C19H23N3O3S. The third-order valence-corrected chi connectivity index (χ3v) is 6.37. The van der Waals surface area contributed by atoms with E-state index in [9.17, 15) is 13.2 Å². The summed E-state index contributed by atoms with van der Waals surface area (Å²) in [5.74, 6) is 0. The Morgan fingerprint density at radius 3 is 2.19 bits per heavy atom. The molecule has 0 aliphatic carbocycles. The van der Waals surface area contributed by atoms with Crippen LogP contribution in [0.5, 0.6) is 0 Å². The summed E-state index contributed by atoms with van der Waals surface area (Å²) in [5, 5.41) is 2.86. The minimum atomic E-state index is -3.52. The molecule has 0 atom stereocenters. The third kappa shape index (κ3) is 4.05. The van der Waals surface area contributed by atoms with Gasteiger partial charge in [0, 0.05) is 31.9 Å². The van der Waals surface area contributed by atoms with Crippen molar-refractivity contribution in [3.05, 3.63) is 59.7 Å². The molecule has 0 bridgehead atoms. The van der Waals surface area contributed by atoms with E-state index in [1.807, 2.05) is 38.1 Å². The zero-order valence-corrected chi connectivity index (χ0v) is 15.8. The molecule has 1 aliphatic rings. The molecule has 0 saturated carbocycles. The average Bonchev–Trinajstić information content (AvgIpc) is 2.62. The second-order valence-electron chi connectivity index (χ2n) is 6.50. The van der Waals surface area contributed by atoms with Gasteiger partial charge >= 0.3 is 6.03 Å². The molecule has 1 heterocycles. The fourth-order valence-electron chi connectivity index (χ4n) is 2.92. The Bertz CT molecular complexity index is 887. The Balaban J connectivity index is 1.61. The molecule has 2 amide bonds. The molecule has 1 fully saturated rings. The van der Waals surface area contributed by atoms with Crippen molar-refractivity contribution < 1.29 is 13.2 Å². The Morgan fingerprint density at radius 1 is 0.923 bits per heavy atom. The molecule has 0 unspecified atom stereocenters. The normalized spacial score (nSPS) is 15.7. The molecule has 138 valence electrons. The average molecular weight is 373 g/mol. The number of hydrogen-bond donors (Lipinski definition) is 1. The van der Waals surface area contributed by atoms with Gasteiger partial charge in [0.1, 0.15) is 0 Å². The maximum absolute atomic E-state index is 12.7. The highest BCUT2D eigenvalue weighted by molar-refractivity contribution is 7.89. The van der Waals surface area contributed by atoms with Crippen LogP contribution < -0.4 is 5.32 Å². The van der Waals surface area contributed by atoms with Crippen molar-refractivity contribution in [3.63, 3.8) is 0 Å². The first-order valence-electron chi connectivity index (χ1n) is 8.56. The molecular weight excluding hydrogens is 350 g/mol. The number of carbonyl (C=O) groups is 1. The van der Waals surface area contributed by atoms with Crippen LogP contribution in [0.3, 0.4) is 0 Å². The number of sulfonamides is 1. The first-order chi connectivity index (χ1) is 12.4. The summed E-state index contributed by atoms with van der Waals surface area (Å²) < 4.78 is 26.9. The summed E-state index contributed by atoms with van der Waals surface area (Å²) in [7, 11) is -3.52. The van der Waals surface area contributed by atoms with E-state index in [-0.39, 0.29) is 19.1 Å². The number of carbonyl (C=O) groups excluding carboxylic acids is 1. The van der Waals surface area contributed by atoms with E-state index in [0.29, 0.717) is 18.0 Å². The van der Waals surface area contributed by atoms with Gasteiger partial charge in [-0.3, -0.25) is 0 Å². The van der Waals surface area contributed by atoms with Crippen LogP contribution in [0.15, 0.2) is 53.4 Å². The lowest BCUT2D eigenvalue weighted by molar-refractivity contribution is 0.184. The van der Waals surface area contributed by atoms with Crippen molar-refractivity contribution in [1.82, 2.24) is 9.21 Å². The van der Waals surface area contributed by atoms with Crippen molar-refractivity contribution in [2.75, 3.05) is 31.5 Å². The molecule has 0 spiro atoms. The van der Waals surface area contributed by atoms with E-state index in [1.54, 1.807) is 29.2 Å². The van der Waals surface area contributed by atoms with E-state index in [1.165, 1.54) is 4.31 Å². The van der Waals surface area contributed by atoms with E-state index < -0.39 is 10.0 Å². The Morgan fingerprint density at radius 2 is 1.58 bits per heavy atom. The highest BCUT2D eigenvalue weighted by Gasteiger charge is 2.30. The lowest BCUT2D eigenvalue weighted by Crippen LogP contribution is -2.51. The highest BCUT2D eigenvalue weighted by Crippen LogP contribution is 2.19. The lowest BCUT2D eigenvalue weighted by atomic mass is 10.2. The number of amides is 2. The SMILES string of the molecule is Cc1ccc(S(=O)(=O)N2CCN(C(=O)Nc3cccc(C)c3)CC2)cc1. The Hall–Kier alpha value is -2.38. The number of nitrogens with zero attached hydrogens (tertiary/aromatic N) is 2. The van der Waals surface area contributed by atoms with Crippen molar-refractivity contribution in [1.29, 1.82) is 0 Å². The largest absolute Gasteiger partial charge is 0.322 e. The first-order valence-corrected chi connectivity index (χ1v) is 10.00. The number of hydrogen-bond acceptors (Lipinski definition) is 3. The number of benzene rings is 2. The van der Waals surface area contributed by atoms with E-state index >= 15 is 0 Å². The summed E-state index contributed by atoms with van der Waals surface area (Å²) in [6, 6.07) is 14.2. The predicted molar refractivity (Wildman–Crippen MR) is 102 cm³/mol. The van der Waals surface area contributed by atoms with Crippen LogP contribution in [0.1, 0.15) is 11.1 Å². The second-order valence-corrected chi connectivity index (χ2v) is 8.44. The number of aryl methyl sites for hydroxylation is 2. The van der Waals surface area contributed by atoms with Gasteiger partial charge in [-0.2, -0.15) is 4.31 Å². The quantitative estimate of drug-likeness (QED) is 0.899. The molecule has 2 aromatic carbocycles. The van der Waals surface area contributed by atoms with Gasteiger partial charge in [0.25, 0.3) is 0 Å². The monoisotopic (exact) mass is 373 g/mol. The molecule has 7 heteroatoms. The van der Waals surface area contributed by atoms with Crippen LogP contribution in [0, 0.1) is 13.8 Å². The van der Waals surface area contributed by atoms with Gasteiger partial charge in [-0.05, 0) is 43.7 Å². The topological polar surface area (TPSA) is 69.7 Å². The highest BCUT2D eigenvalue weighted by atomic mass is 32.2. The zero-order chi connectivity index (χ0) is 18.7. The summed E-state index contributed by atoms with van der Waals surface area (Å²) in [4.78, 5) is 14.3. The third-order valence-electron chi connectivity index (χ3n) is 4.45. The van der Waals surface area contributed by atoms with Crippen LogP contribution in [-0.4, -0.2) is 49.8 Å². The molecule has 1 saturated heterocycles. The van der Waals surface area contributed by atoms with E-state index in [0.717, 1.165) is 16.8 Å². The fraction of sp³-hybridized carbons (Fsp3) is 0.316. The number of urea groups is 1. The van der Waals surface area contributed by atoms with Crippen LogP contribution >= 0.6 is 0 Å². The number of anilines is 1. The van der Waals surface area contributed by atoms with Gasteiger partial charge in [0.15, 0.2) is 0 Å². The predicted octanol–water partition coefficient (Wildman–Crippen LogP) is 2.84. The smallest absolute Gasteiger partial charge is 0.321 e. The molecule has 6 nitrogen and oxygen atoms in total. The molecule has 26 heavy (non-hydrogen) atoms. The van der Waals surface area contributed by atoms with Gasteiger partial charge < -0.3 is 10.2 Å².